The minimum absolute atomic E-state index is 0.00862. The molecule has 2 N–H and O–H groups in total. The van der Waals surface area contributed by atoms with Crippen molar-refractivity contribution in [3.63, 3.8) is 0 Å². The van der Waals surface area contributed by atoms with Crippen LogP contribution >= 0.6 is 0 Å². The Morgan fingerprint density at radius 1 is 1.00 bits per heavy atom. The van der Waals surface area contributed by atoms with Crippen LogP contribution in [-0.4, -0.2) is 30.9 Å². The SMILES string of the molecule is CCc1ccc(CNC(=O)[C@@H]2CC(=O)N(c3ccc(OCC(=O)Nc4cccc(C(F)(F)F)c4)cc3)C2)cc1. The second-order valence-electron chi connectivity index (χ2n) is 9.20. The fraction of sp³-hybridized carbons (Fsp3) is 0.276. The van der Waals surface area contributed by atoms with Crippen LogP contribution in [0.1, 0.15) is 30.0 Å². The van der Waals surface area contributed by atoms with E-state index < -0.39 is 30.2 Å². The highest BCUT2D eigenvalue weighted by atomic mass is 19.4. The zero-order chi connectivity index (χ0) is 28.0. The van der Waals surface area contributed by atoms with E-state index in [0.717, 1.165) is 24.1 Å². The monoisotopic (exact) mass is 539 g/mol. The molecule has 0 saturated carbocycles. The second kappa shape index (κ2) is 12.0. The first kappa shape index (κ1) is 27.7. The summed E-state index contributed by atoms with van der Waals surface area (Å²) in [6, 6.07) is 18.8. The lowest BCUT2D eigenvalue weighted by Gasteiger charge is -2.17. The number of hydrogen-bond acceptors (Lipinski definition) is 4. The van der Waals surface area contributed by atoms with E-state index in [1.165, 1.54) is 22.6 Å². The van der Waals surface area contributed by atoms with E-state index in [1.54, 1.807) is 24.3 Å². The summed E-state index contributed by atoms with van der Waals surface area (Å²) in [7, 11) is 0. The van der Waals surface area contributed by atoms with Crippen molar-refractivity contribution in [2.45, 2.75) is 32.5 Å². The maximum atomic E-state index is 12.8. The van der Waals surface area contributed by atoms with Gasteiger partial charge in [0.05, 0.1) is 11.5 Å². The molecule has 0 unspecified atom stereocenters. The molecule has 1 atom stereocenters. The van der Waals surface area contributed by atoms with E-state index in [-0.39, 0.29) is 30.5 Å². The number of amides is 3. The predicted molar refractivity (Wildman–Crippen MR) is 140 cm³/mol. The molecule has 1 aliphatic rings. The van der Waals surface area contributed by atoms with Crippen molar-refractivity contribution in [1.82, 2.24) is 5.32 Å². The van der Waals surface area contributed by atoms with Gasteiger partial charge in [-0.15, -0.1) is 0 Å². The van der Waals surface area contributed by atoms with E-state index in [2.05, 4.69) is 17.6 Å². The summed E-state index contributed by atoms with van der Waals surface area (Å²) < 4.78 is 44.0. The van der Waals surface area contributed by atoms with Gasteiger partial charge in [-0.05, 0) is 60.0 Å². The predicted octanol–water partition coefficient (Wildman–Crippen LogP) is 4.95. The van der Waals surface area contributed by atoms with Crippen molar-refractivity contribution >= 4 is 29.1 Å². The van der Waals surface area contributed by atoms with Crippen LogP contribution in [0.3, 0.4) is 0 Å². The first-order valence-electron chi connectivity index (χ1n) is 12.5. The van der Waals surface area contributed by atoms with Crippen molar-refractivity contribution in [1.29, 1.82) is 0 Å². The Kier molecular flexibility index (Phi) is 8.53. The summed E-state index contributed by atoms with van der Waals surface area (Å²) in [5, 5.41) is 5.28. The van der Waals surface area contributed by atoms with E-state index >= 15 is 0 Å². The molecule has 39 heavy (non-hydrogen) atoms. The van der Waals surface area contributed by atoms with Crippen molar-refractivity contribution in [3.05, 3.63) is 89.5 Å². The Balaban J connectivity index is 1.26. The standard InChI is InChI=1S/C29H28F3N3O4/c1-2-19-6-8-20(9-7-19)16-33-28(38)21-14-27(37)35(17-21)24-10-12-25(13-11-24)39-18-26(36)34-23-5-3-4-22(15-23)29(30,31)32/h3-13,15,21H,2,14,16-18H2,1H3,(H,33,38)(H,34,36)/t21-/m1/s1. The minimum atomic E-state index is -4.51. The molecule has 0 spiro atoms. The molecule has 4 rings (SSSR count). The molecule has 3 aromatic rings. The number of rotatable bonds is 9. The van der Waals surface area contributed by atoms with Crippen LogP contribution in [0, 0.1) is 5.92 Å². The number of anilines is 2. The maximum absolute atomic E-state index is 12.8. The van der Waals surface area contributed by atoms with Crippen LogP contribution in [0.4, 0.5) is 24.5 Å². The van der Waals surface area contributed by atoms with E-state index in [9.17, 15) is 27.6 Å². The number of carbonyl (C=O) groups excluding carboxylic acids is 3. The van der Waals surface area contributed by atoms with Gasteiger partial charge in [0.15, 0.2) is 6.61 Å². The van der Waals surface area contributed by atoms with Crippen LogP contribution in [0.2, 0.25) is 0 Å². The zero-order valence-electron chi connectivity index (χ0n) is 21.3. The summed E-state index contributed by atoms with van der Waals surface area (Å²) in [5.74, 6) is -1.10. The molecule has 0 radical (unpaired) electrons. The average molecular weight is 540 g/mol. The average Bonchev–Trinajstić information content (AvgIpc) is 3.32. The van der Waals surface area contributed by atoms with Gasteiger partial charge in [-0.3, -0.25) is 14.4 Å². The van der Waals surface area contributed by atoms with Gasteiger partial charge in [0.2, 0.25) is 11.8 Å². The summed E-state index contributed by atoms with van der Waals surface area (Å²) in [6.45, 7) is 2.30. The fourth-order valence-corrected chi connectivity index (χ4v) is 4.20. The number of benzene rings is 3. The molecule has 1 aliphatic heterocycles. The molecule has 1 fully saturated rings. The molecule has 7 nitrogen and oxygen atoms in total. The summed E-state index contributed by atoms with van der Waals surface area (Å²) >= 11 is 0. The van der Waals surface area contributed by atoms with Gasteiger partial charge in [-0.25, -0.2) is 0 Å². The molecule has 10 heteroatoms. The number of ether oxygens (including phenoxy) is 1. The highest BCUT2D eigenvalue weighted by molar-refractivity contribution is 6.00. The van der Waals surface area contributed by atoms with Gasteiger partial charge in [0.1, 0.15) is 5.75 Å². The van der Waals surface area contributed by atoms with Gasteiger partial charge in [0, 0.05) is 30.9 Å². The molecule has 204 valence electrons. The minimum Gasteiger partial charge on any atom is -0.484 e. The van der Waals surface area contributed by atoms with Crippen molar-refractivity contribution in [2.75, 3.05) is 23.4 Å². The molecule has 0 aliphatic carbocycles. The van der Waals surface area contributed by atoms with Gasteiger partial charge in [0.25, 0.3) is 5.91 Å². The molecular weight excluding hydrogens is 511 g/mol. The van der Waals surface area contributed by atoms with Crippen LogP contribution in [-0.2, 0) is 33.5 Å². The topological polar surface area (TPSA) is 87.7 Å². The maximum Gasteiger partial charge on any atom is 0.416 e. The third-order valence-electron chi connectivity index (χ3n) is 6.39. The Morgan fingerprint density at radius 2 is 1.69 bits per heavy atom. The summed E-state index contributed by atoms with van der Waals surface area (Å²) in [4.78, 5) is 38.9. The van der Waals surface area contributed by atoms with Gasteiger partial charge < -0.3 is 20.3 Å². The third kappa shape index (κ3) is 7.37. The van der Waals surface area contributed by atoms with E-state index in [4.69, 9.17) is 4.74 Å². The number of alkyl halides is 3. The van der Waals surface area contributed by atoms with Crippen LogP contribution in [0.25, 0.3) is 0 Å². The molecule has 3 aromatic carbocycles. The number of hydrogen-bond donors (Lipinski definition) is 2. The van der Waals surface area contributed by atoms with Gasteiger partial charge in [-0.2, -0.15) is 13.2 Å². The van der Waals surface area contributed by atoms with Crippen molar-refractivity contribution in [3.8, 4) is 5.75 Å². The molecule has 0 aromatic heterocycles. The van der Waals surface area contributed by atoms with E-state index in [0.29, 0.717) is 18.0 Å². The largest absolute Gasteiger partial charge is 0.484 e. The smallest absolute Gasteiger partial charge is 0.416 e. The summed E-state index contributed by atoms with van der Waals surface area (Å²) in [6.07, 6.45) is -3.46. The molecule has 1 heterocycles. The van der Waals surface area contributed by atoms with Crippen molar-refractivity contribution in [2.24, 2.45) is 5.92 Å². The Hall–Kier alpha value is -4.34. The molecule has 1 saturated heterocycles. The highest BCUT2D eigenvalue weighted by Gasteiger charge is 2.35. The number of nitrogens with zero attached hydrogens (tertiary/aromatic N) is 1. The summed E-state index contributed by atoms with van der Waals surface area (Å²) in [5.41, 5.74) is 1.94. The fourth-order valence-electron chi connectivity index (χ4n) is 4.20. The van der Waals surface area contributed by atoms with Gasteiger partial charge in [-0.1, -0.05) is 37.3 Å². The second-order valence-corrected chi connectivity index (χ2v) is 9.20. The number of carbonyl (C=O) groups is 3. The van der Waals surface area contributed by atoms with Gasteiger partial charge >= 0.3 is 6.18 Å². The lowest BCUT2D eigenvalue weighted by Crippen LogP contribution is -2.32. The Bertz CT molecular complexity index is 1320. The van der Waals surface area contributed by atoms with Crippen LogP contribution in [0.15, 0.2) is 72.8 Å². The molecular formula is C29H28F3N3O4. The molecule has 3 amide bonds. The quantitative estimate of drug-likeness (QED) is 0.403. The van der Waals surface area contributed by atoms with Crippen LogP contribution < -0.4 is 20.3 Å². The Labute approximate surface area is 224 Å². The lowest BCUT2D eigenvalue weighted by molar-refractivity contribution is -0.137. The lowest BCUT2D eigenvalue weighted by atomic mass is 10.1. The van der Waals surface area contributed by atoms with Crippen molar-refractivity contribution < 1.29 is 32.3 Å². The first-order valence-corrected chi connectivity index (χ1v) is 12.5. The van der Waals surface area contributed by atoms with Crippen LogP contribution in [0.5, 0.6) is 5.75 Å². The number of nitrogens with one attached hydrogen (secondary N) is 2. The van der Waals surface area contributed by atoms with E-state index in [1.807, 2.05) is 24.3 Å². The third-order valence-corrected chi connectivity index (χ3v) is 6.39. The first-order chi connectivity index (χ1) is 18.6. The highest BCUT2D eigenvalue weighted by Crippen LogP contribution is 2.31. The zero-order valence-corrected chi connectivity index (χ0v) is 21.3. The normalized spacial score (nSPS) is 15.2. The molecule has 0 bridgehead atoms. The Morgan fingerprint density at radius 3 is 2.36 bits per heavy atom. The number of halogens is 3. The number of aryl methyl sites for hydroxylation is 1.